The van der Waals surface area contributed by atoms with Crippen LogP contribution in [0.1, 0.15) is 0 Å². The number of carboxylic acid groups (broad SMARTS) is 1. The minimum Gasteiger partial charge on any atom is -0.508 e. The van der Waals surface area contributed by atoms with Gasteiger partial charge in [0.05, 0.1) is 11.3 Å². The number of rotatable bonds is 6. The molecule has 0 radical (unpaired) electrons. The van der Waals surface area contributed by atoms with Gasteiger partial charge >= 0.3 is 5.97 Å². The highest BCUT2D eigenvalue weighted by Gasteiger charge is 2.11. The maximum absolute atomic E-state index is 11.1. The predicted octanol–water partition coefficient (Wildman–Crippen LogP) is 3.74. The molecule has 5 nitrogen and oxygen atoms in total. The lowest BCUT2D eigenvalue weighted by Crippen LogP contribution is -2.01. The Labute approximate surface area is 116 Å². The van der Waals surface area contributed by atoms with Gasteiger partial charge in [0.2, 0.25) is 0 Å². The van der Waals surface area contributed by atoms with E-state index in [-0.39, 0.29) is 17.0 Å². The van der Waals surface area contributed by atoms with Crippen LogP contribution in [0.2, 0.25) is 0 Å². The van der Waals surface area contributed by atoms with Crippen molar-refractivity contribution in [2.45, 2.75) is 0 Å². The molecular formula is C15H14N2O3. The largest absolute Gasteiger partial charge is 0.508 e. The van der Waals surface area contributed by atoms with Gasteiger partial charge < -0.3 is 10.2 Å². The van der Waals surface area contributed by atoms with Crippen LogP contribution in [-0.2, 0) is 4.79 Å². The minimum atomic E-state index is -1.14. The molecule has 5 heteroatoms. The van der Waals surface area contributed by atoms with Gasteiger partial charge in [-0.2, -0.15) is 5.11 Å². The number of hydrogen-bond donors (Lipinski definition) is 2. The third-order valence-corrected chi connectivity index (χ3v) is 2.19. The number of phenols is 1. The lowest BCUT2D eigenvalue weighted by Gasteiger charge is -2.00. The zero-order chi connectivity index (χ0) is 15.0. The van der Waals surface area contributed by atoms with Crippen molar-refractivity contribution in [1.82, 2.24) is 0 Å². The van der Waals surface area contributed by atoms with Gasteiger partial charge in [-0.3, -0.25) is 0 Å². The van der Waals surface area contributed by atoms with Gasteiger partial charge in [0.25, 0.3) is 0 Å². The summed E-state index contributed by atoms with van der Waals surface area (Å²) in [6, 6.07) is 6.04. The van der Waals surface area contributed by atoms with E-state index < -0.39 is 5.97 Å². The summed E-state index contributed by atoms with van der Waals surface area (Å²) in [6.07, 6.45) is 5.54. The first-order valence-electron chi connectivity index (χ1n) is 5.68. The molecule has 1 rings (SSSR count). The molecule has 2 N–H and O–H groups in total. The van der Waals surface area contributed by atoms with Gasteiger partial charge in [0, 0.05) is 0 Å². The summed E-state index contributed by atoms with van der Waals surface area (Å²) >= 11 is 0. The van der Waals surface area contributed by atoms with E-state index in [1.54, 1.807) is 12.1 Å². The van der Waals surface area contributed by atoms with E-state index in [1.165, 1.54) is 36.4 Å². The molecule has 0 bridgehead atoms. The van der Waals surface area contributed by atoms with Gasteiger partial charge in [-0.15, -0.1) is 5.11 Å². The molecule has 0 saturated carbocycles. The Morgan fingerprint density at radius 1 is 1.10 bits per heavy atom. The number of aromatic hydroxyl groups is 1. The molecule has 0 spiro atoms. The van der Waals surface area contributed by atoms with Crippen molar-refractivity contribution >= 4 is 11.7 Å². The molecule has 0 saturated heterocycles. The Kier molecular flexibility index (Phi) is 5.65. The lowest BCUT2D eigenvalue weighted by atomic mass is 10.1. The number of carbonyl (C=O) groups is 1. The molecule has 0 amide bonds. The first-order chi connectivity index (χ1) is 9.58. The molecule has 0 heterocycles. The molecule has 0 aliphatic heterocycles. The fraction of sp³-hybridized carbons (Fsp3) is 0. The second-order valence-electron chi connectivity index (χ2n) is 3.63. The van der Waals surface area contributed by atoms with Crippen LogP contribution in [0.4, 0.5) is 5.69 Å². The topological polar surface area (TPSA) is 82.2 Å². The molecule has 0 aliphatic carbocycles. The molecule has 20 heavy (non-hydrogen) atoms. The van der Waals surface area contributed by atoms with Crippen LogP contribution in [-0.4, -0.2) is 16.2 Å². The minimum absolute atomic E-state index is 0.0394. The summed E-state index contributed by atoms with van der Waals surface area (Å²) in [5.41, 5.74) is 0.601. The van der Waals surface area contributed by atoms with Crippen LogP contribution in [0, 0.1) is 0 Å². The maximum Gasteiger partial charge on any atom is 0.337 e. The molecule has 1 aromatic rings. The fourth-order valence-corrected chi connectivity index (χ4v) is 1.30. The maximum atomic E-state index is 11.1. The standard InChI is InChI=1S/C15H14N2O3/c1-3-5-13(15(19)20)14(6-4-2)17-16-11-7-9-12(18)10-8-11/h3-10,18H,1-2H2,(H,19,20)/b13-5+,14-6+,17-16?. The lowest BCUT2D eigenvalue weighted by molar-refractivity contribution is -0.132. The third kappa shape index (κ3) is 4.38. The van der Waals surface area contributed by atoms with Crippen LogP contribution in [0.15, 0.2) is 83.2 Å². The Bertz CT molecular complexity index is 596. The highest BCUT2D eigenvalue weighted by atomic mass is 16.4. The summed E-state index contributed by atoms with van der Waals surface area (Å²) in [5, 5.41) is 26.1. The Balaban J connectivity index is 3.09. The van der Waals surface area contributed by atoms with Crippen molar-refractivity contribution in [2.24, 2.45) is 10.2 Å². The van der Waals surface area contributed by atoms with Crippen LogP contribution in [0.25, 0.3) is 0 Å². The van der Waals surface area contributed by atoms with Crippen molar-refractivity contribution in [1.29, 1.82) is 0 Å². The predicted molar refractivity (Wildman–Crippen MR) is 76.8 cm³/mol. The van der Waals surface area contributed by atoms with E-state index >= 15 is 0 Å². The SMILES string of the molecule is C=C/C=C(N=Nc1ccc(O)cc1)\C(=C/C=C)C(=O)O. The number of azo groups is 1. The Morgan fingerprint density at radius 3 is 2.20 bits per heavy atom. The second kappa shape index (κ2) is 7.48. The Morgan fingerprint density at radius 2 is 1.70 bits per heavy atom. The highest BCUT2D eigenvalue weighted by molar-refractivity contribution is 5.92. The summed E-state index contributed by atoms with van der Waals surface area (Å²) in [4.78, 5) is 11.1. The van der Waals surface area contributed by atoms with Gasteiger partial charge in [0.15, 0.2) is 0 Å². The fourth-order valence-electron chi connectivity index (χ4n) is 1.30. The van der Waals surface area contributed by atoms with Crippen molar-refractivity contribution < 1.29 is 15.0 Å². The number of carboxylic acids is 1. The van der Waals surface area contributed by atoms with Gasteiger partial charge in [-0.25, -0.2) is 4.79 Å². The Hall–Kier alpha value is -2.95. The van der Waals surface area contributed by atoms with Crippen LogP contribution >= 0.6 is 0 Å². The monoisotopic (exact) mass is 270 g/mol. The van der Waals surface area contributed by atoms with Gasteiger partial charge in [-0.1, -0.05) is 25.3 Å². The molecule has 0 unspecified atom stereocenters. The molecular weight excluding hydrogens is 256 g/mol. The van der Waals surface area contributed by atoms with Gasteiger partial charge in [0.1, 0.15) is 11.4 Å². The van der Waals surface area contributed by atoms with Gasteiger partial charge in [-0.05, 0) is 36.4 Å². The molecule has 0 atom stereocenters. The molecule has 0 aromatic heterocycles. The molecule has 0 fully saturated rings. The number of hydrogen-bond acceptors (Lipinski definition) is 4. The van der Waals surface area contributed by atoms with E-state index in [9.17, 15) is 4.79 Å². The smallest absolute Gasteiger partial charge is 0.337 e. The zero-order valence-electron chi connectivity index (χ0n) is 10.7. The van der Waals surface area contributed by atoms with Crippen molar-refractivity contribution in [2.75, 3.05) is 0 Å². The van der Waals surface area contributed by atoms with E-state index in [0.29, 0.717) is 5.69 Å². The second-order valence-corrected chi connectivity index (χ2v) is 3.63. The van der Waals surface area contributed by atoms with E-state index in [0.717, 1.165) is 0 Å². The number of phenolic OH excluding ortho intramolecular Hbond substituents is 1. The van der Waals surface area contributed by atoms with Crippen LogP contribution < -0.4 is 0 Å². The first-order valence-corrected chi connectivity index (χ1v) is 5.68. The molecule has 1 aromatic carbocycles. The summed E-state index contributed by atoms with van der Waals surface area (Å²) < 4.78 is 0. The number of benzene rings is 1. The molecule has 0 aliphatic rings. The quantitative estimate of drug-likeness (QED) is 0.469. The highest BCUT2D eigenvalue weighted by Crippen LogP contribution is 2.20. The number of nitrogens with zero attached hydrogens (tertiary/aromatic N) is 2. The number of aliphatic carboxylic acids is 1. The normalized spacial score (nSPS) is 12.4. The third-order valence-electron chi connectivity index (χ3n) is 2.19. The van der Waals surface area contributed by atoms with E-state index in [4.69, 9.17) is 10.2 Å². The van der Waals surface area contributed by atoms with Crippen molar-refractivity contribution in [3.8, 4) is 5.75 Å². The van der Waals surface area contributed by atoms with Crippen molar-refractivity contribution in [3.05, 3.63) is 73.0 Å². The summed E-state index contributed by atoms with van der Waals surface area (Å²) in [6.45, 7) is 6.97. The average molecular weight is 270 g/mol. The van der Waals surface area contributed by atoms with Crippen LogP contribution in [0.3, 0.4) is 0 Å². The number of allylic oxidation sites excluding steroid dienone is 4. The van der Waals surface area contributed by atoms with Crippen LogP contribution in [0.5, 0.6) is 5.75 Å². The first kappa shape index (κ1) is 15.1. The van der Waals surface area contributed by atoms with E-state index in [1.807, 2.05) is 0 Å². The summed E-state index contributed by atoms with van der Waals surface area (Å²) in [7, 11) is 0. The van der Waals surface area contributed by atoms with E-state index in [2.05, 4.69) is 23.4 Å². The average Bonchev–Trinajstić information content (AvgIpc) is 2.42. The zero-order valence-corrected chi connectivity index (χ0v) is 10.7. The molecule has 102 valence electrons. The summed E-state index contributed by atoms with van der Waals surface area (Å²) in [5.74, 6) is -1.02. The van der Waals surface area contributed by atoms with Crippen molar-refractivity contribution in [3.63, 3.8) is 0 Å².